The monoisotopic (exact) mass is 423 g/mol. The molecule has 0 aliphatic carbocycles. The highest BCUT2D eigenvalue weighted by molar-refractivity contribution is 7.99. The molecule has 0 aliphatic rings. The molecule has 29 heavy (non-hydrogen) atoms. The van der Waals surface area contributed by atoms with E-state index in [4.69, 9.17) is 0 Å². The Morgan fingerprint density at radius 2 is 1.90 bits per heavy atom. The SMILES string of the molecule is O=C(CSc1nnnn1-c1ccc(O)cc1)NC(c1ccccc1)c1cccs1. The van der Waals surface area contributed by atoms with Gasteiger partial charge in [0.05, 0.1) is 17.5 Å². The molecule has 2 heterocycles. The average molecular weight is 424 g/mol. The van der Waals surface area contributed by atoms with Gasteiger partial charge in [-0.15, -0.1) is 16.4 Å². The number of thiophene rings is 1. The summed E-state index contributed by atoms with van der Waals surface area (Å²) in [6, 6.07) is 20.2. The second-order valence-corrected chi connectivity index (χ2v) is 8.03. The minimum Gasteiger partial charge on any atom is -0.508 e. The number of tetrazole rings is 1. The Balaban J connectivity index is 1.45. The average Bonchev–Trinajstić information content (AvgIpc) is 3.44. The van der Waals surface area contributed by atoms with E-state index in [1.165, 1.54) is 16.4 Å². The highest BCUT2D eigenvalue weighted by atomic mass is 32.2. The van der Waals surface area contributed by atoms with Crippen molar-refractivity contribution in [3.8, 4) is 11.4 Å². The summed E-state index contributed by atoms with van der Waals surface area (Å²) >= 11 is 2.86. The minimum atomic E-state index is -0.197. The maximum atomic E-state index is 12.7. The smallest absolute Gasteiger partial charge is 0.231 e. The van der Waals surface area contributed by atoms with Gasteiger partial charge in [0.2, 0.25) is 11.1 Å². The number of benzene rings is 2. The number of thioether (sulfide) groups is 1. The molecule has 4 aromatic rings. The number of rotatable bonds is 7. The molecule has 1 unspecified atom stereocenters. The first-order valence-electron chi connectivity index (χ1n) is 8.79. The van der Waals surface area contributed by atoms with Crippen molar-refractivity contribution in [3.05, 3.63) is 82.6 Å². The van der Waals surface area contributed by atoms with Gasteiger partial charge in [0.1, 0.15) is 5.75 Å². The molecule has 2 aromatic heterocycles. The lowest BCUT2D eigenvalue weighted by molar-refractivity contribution is -0.119. The summed E-state index contributed by atoms with van der Waals surface area (Å²) in [4.78, 5) is 13.7. The number of carbonyl (C=O) groups is 1. The van der Waals surface area contributed by atoms with Crippen molar-refractivity contribution < 1.29 is 9.90 Å². The summed E-state index contributed by atoms with van der Waals surface area (Å²) in [6.07, 6.45) is 0. The van der Waals surface area contributed by atoms with Crippen LogP contribution in [-0.4, -0.2) is 37.0 Å². The van der Waals surface area contributed by atoms with Crippen LogP contribution in [-0.2, 0) is 4.79 Å². The zero-order valence-electron chi connectivity index (χ0n) is 15.2. The largest absolute Gasteiger partial charge is 0.508 e. The van der Waals surface area contributed by atoms with E-state index < -0.39 is 0 Å². The van der Waals surface area contributed by atoms with Crippen molar-refractivity contribution in [2.24, 2.45) is 0 Å². The van der Waals surface area contributed by atoms with Crippen molar-refractivity contribution in [3.63, 3.8) is 0 Å². The number of carbonyl (C=O) groups excluding carboxylic acids is 1. The molecule has 7 nitrogen and oxygen atoms in total. The highest BCUT2D eigenvalue weighted by Crippen LogP contribution is 2.26. The van der Waals surface area contributed by atoms with Crippen LogP contribution < -0.4 is 5.32 Å². The van der Waals surface area contributed by atoms with Gasteiger partial charge in [-0.3, -0.25) is 4.79 Å². The van der Waals surface area contributed by atoms with Crippen LogP contribution >= 0.6 is 23.1 Å². The van der Waals surface area contributed by atoms with Gasteiger partial charge in [0, 0.05) is 4.88 Å². The van der Waals surface area contributed by atoms with Crippen molar-refractivity contribution in [2.45, 2.75) is 11.2 Å². The van der Waals surface area contributed by atoms with E-state index in [-0.39, 0.29) is 23.5 Å². The van der Waals surface area contributed by atoms with E-state index in [0.717, 1.165) is 10.4 Å². The van der Waals surface area contributed by atoms with E-state index >= 15 is 0 Å². The van der Waals surface area contributed by atoms with E-state index in [2.05, 4.69) is 20.8 Å². The molecule has 4 rings (SSSR count). The molecule has 0 spiro atoms. The Kier molecular flexibility index (Phi) is 5.87. The fraction of sp³-hybridized carbons (Fsp3) is 0.100. The van der Waals surface area contributed by atoms with Crippen molar-refractivity contribution in [1.82, 2.24) is 25.5 Å². The zero-order valence-corrected chi connectivity index (χ0v) is 16.8. The molecule has 0 saturated heterocycles. The van der Waals surface area contributed by atoms with Crippen LogP contribution in [0.2, 0.25) is 0 Å². The molecule has 1 atom stereocenters. The first kappa shape index (κ1) is 19.2. The molecule has 1 amide bonds. The lowest BCUT2D eigenvalue weighted by Gasteiger charge is -2.18. The number of phenolic OH excluding ortho intramolecular Hbond substituents is 1. The quantitative estimate of drug-likeness (QED) is 0.443. The lowest BCUT2D eigenvalue weighted by atomic mass is 10.1. The number of nitrogens with zero attached hydrogens (tertiary/aromatic N) is 4. The van der Waals surface area contributed by atoms with E-state index in [1.54, 1.807) is 35.6 Å². The van der Waals surface area contributed by atoms with Crippen molar-refractivity contribution >= 4 is 29.0 Å². The minimum absolute atomic E-state index is 0.113. The summed E-state index contributed by atoms with van der Waals surface area (Å²) in [7, 11) is 0. The number of amides is 1. The molecule has 0 saturated carbocycles. The lowest BCUT2D eigenvalue weighted by Crippen LogP contribution is -2.30. The second kappa shape index (κ2) is 8.89. The van der Waals surface area contributed by atoms with Crippen LogP contribution in [0.3, 0.4) is 0 Å². The van der Waals surface area contributed by atoms with Crippen LogP contribution in [0.4, 0.5) is 0 Å². The van der Waals surface area contributed by atoms with Crippen LogP contribution in [0.5, 0.6) is 5.75 Å². The number of hydrogen-bond donors (Lipinski definition) is 2. The fourth-order valence-corrected chi connectivity index (χ4v) is 4.28. The Hall–Kier alpha value is -3.17. The van der Waals surface area contributed by atoms with E-state index in [1.807, 2.05) is 47.8 Å². The van der Waals surface area contributed by atoms with Gasteiger partial charge in [0.25, 0.3) is 0 Å². The first-order valence-corrected chi connectivity index (χ1v) is 10.7. The van der Waals surface area contributed by atoms with Crippen molar-refractivity contribution in [1.29, 1.82) is 0 Å². The van der Waals surface area contributed by atoms with Gasteiger partial charge in [-0.05, 0) is 51.7 Å². The van der Waals surface area contributed by atoms with E-state index in [9.17, 15) is 9.90 Å². The molecular weight excluding hydrogens is 406 g/mol. The number of nitrogens with one attached hydrogen (secondary N) is 1. The standard InChI is InChI=1S/C20H17N5O2S2/c26-16-10-8-15(9-11-16)25-20(22-23-24-25)29-13-18(27)21-19(17-7-4-12-28-17)14-5-2-1-3-6-14/h1-12,19,26H,13H2,(H,21,27). The molecule has 0 radical (unpaired) electrons. The third kappa shape index (κ3) is 4.64. The summed E-state index contributed by atoms with van der Waals surface area (Å²) in [5.74, 6) is 0.223. The third-order valence-electron chi connectivity index (χ3n) is 4.13. The van der Waals surface area contributed by atoms with Gasteiger partial charge in [-0.1, -0.05) is 48.2 Å². The van der Waals surface area contributed by atoms with Gasteiger partial charge in [-0.25, -0.2) is 0 Å². The van der Waals surface area contributed by atoms with Crippen LogP contribution in [0.15, 0.2) is 77.3 Å². The van der Waals surface area contributed by atoms with Gasteiger partial charge in [0.15, 0.2) is 0 Å². The predicted octanol–water partition coefficient (Wildman–Crippen LogP) is 3.43. The number of aromatic hydroxyl groups is 1. The summed E-state index contributed by atoms with van der Waals surface area (Å²) in [5.41, 5.74) is 1.73. The molecule has 0 fully saturated rings. The summed E-state index contributed by atoms with van der Waals surface area (Å²) in [6.45, 7) is 0. The molecule has 9 heteroatoms. The summed E-state index contributed by atoms with van der Waals surface area (Å²) in [5, 5.41) is 26.7. The molecular formula is C20H17N5O2S2. The Morgan fingerprint density at radius 3 is 2.62 bits per heavy atom. The maximum absolute atomic E-state index is 12.7. The van der Waals surface area contributed by atoms with E-state index in [0.29, 0.717) is 10.8 Å². The highest BCUT2D eigenvalue weighted by Gasteiger charge is 2.19. The van der Waals surface area contributed by atoms with Crippen LogP contribution in [0, 0.1) is 0 Å². The zero-order chi connectivity index (χ0) is 20.1. The number of aromatic nitrogens is 4. The van der Waals surface area contributed by atoms with Crippen LogP contribution in [0.25, 0.3) is 5.69 Å². The Morgan fingerprint density at radius 1 is 1.10 bits per heavy atom. The molecule has 146 valence electrons. The topological polar surface area (TPSA) is 92.9 Å². The molecule has 2 aromatic carbocycles. The van der Waals surface area contributed by atoms with Crippen molar-refractivity contribution in [2.75, 3.05) is 5.75 Å². The van der Waals surface area contributed by atoms with Gasteiger partial charge < -0.3 is 10.4 Å². The van der Waals surface area contributed by atoms with Gasteiger partial charge in [-0.2, -0.15) is 4.68 Å². The fourth-order valence-electron chi connectivity index (χ4n) is 2.78. The summed E-state index contributed by atoms with van der Waals surface area (Å²) < 4.78 is 1.53. The maximum Gasteiger partial charge on any atom is 0.231 e. The third-order valence-corrected chi connectivity index (χ3v) is 5.99. The van der Waals surface area contributed by atoms with Gasteiger partial charge >= 0.3 is 0 Å². The number of hydrogen-bond acceptors (Lipinski definition) is 7. The molecule has 0 bridgehead atoms. The normalized spacial score (nSPS) is 11.9. The Bertz CT molecular complexity index is 1070. The Labute approximate surface area is 175 Å². The van der Waals surface area contributed by atoms with Crippen LogP contribution in [0.1, 0.15) is 16.5 Å². The predicted molar refractivity (Wildman–Crippen MR) is 112 cm³/mol. The first-order chi connectivity index (χ1) is 14.2. The molecule has 2 N–H and O–H groups in total. The second-order valence-electron chi connectivity index (χ2n) is 6.10. The number of phenols is 1. The molecule has 0 aliphatic heterocycles.